The fraction of sp³-hybridized carbons (Fsp3) is 0.708. The normalized spacial score (nSPS) is 24.4. The summed E-state index contributed by atoms with van der Waals surface area (Å²) >= 11 is 0. The number of rotatable bonds is 6. The van der Waals surface area contributed by atoms with Crippen molar-refractivity contribution in [3.63, 3.8) is 0 Å². The van der Waals surface area contributed by atoms with Gasteiger partial charge in [0.1, 0.15) is 12.1 Å². The van der Waals surface area contributed by atoms with Crippen LogP contribution in [0.1, 0.15) is 72.6 Å². The van der Waals surface area contributed by atoms with Crippen LogP contribution in [0.3, 0.4) is 0 Å². The predicted molar refractivity (Wildman–Crippen MR) is 129 cm³/mol. The Morgan fingerprint density at radius 2 is 1.82 bits per heavy atom. The monoisotopic (exact) mass is 479 g/mol. The molecule has 10 nitrogen and oxygen atoms in total. The molecule has 1 aliphatic heterocycles. The van der Waals surface area contributed by atoms with Gasteiger partial charge in [0, 0.05) is 19.4 Å². The smallest absolute Gasteiger partial charge is 0.243 e. The zero-order valence-electron chi connectivity index (χ0n) is 20.9. The predicted octanol–water partition coefficient (Wildman–Crippen LogP) is 0.656. The van der Waals surface area contributed by atoms with Gasteiger partial charge in [0.05, 0.1) is 6.54 Å². The highest BCUT2D eigenvalue weighted by Crippen LogP contribution is 2.21. The molecule has 192 valence electrons. The lowest BCUT2D eigenvalue weighted by Gasteiger charge is -2.27. The quantitative estimate of drug-likeness (QED) is 0.279. The van der Waals surface area contributed by atoms with Gasteiger partial charge in [0.2, 0.25) is 29.5 Å². The first-order chi connectivity index (χ1) is 15.9. The summed E-state index contributed by atoms with van der Waals surface area (Å²) in [5.74, 6) is -2.31. The van der Waals surface area contributed by atoms with Crippen LogP contribution in [0.5, 0.6) is 0 Å². The molecule has 0 bridgehead atoms. The Labute approximate surface area is 202 Å². The number of primary amides is 1. The number of hydrogen-bond acceptors (Lipinski definition) is 5. The van der Waals surface area contributed by atoms with Crippen LogP contribution >= 0.6 is 0 Å². The molecule has 34 heavy (non-hydrogen) atoms. The van der Waals surface area contributed by atoms with Gasteiger partial charge in [0.25, 0.3) is 0 Å². The average Bonchev–Trinajstić information content (AvgIpc) is 2.72. The van der Waals surface area contributed by atoms with Crippen molar-refractivity contribution in [1.82, 2.24) is 21.3 Å². The molecule has 0 aromatic carbocycles. The Morgan fingerprint density at radius 1 is 1.12 bits per heavy atom. The maximum Gasteiger partial charge on any atom is 0.243 e. The van der Waals surface area contributed by atoms with Gasteiger partial charge in [-0.2, -0.15) is 0 Å². The van der Waals surface area contributed by atoms with Gasteiger partial charge >= 0.3 is 0 Å². The van der Waals surface area contributed by atoms with Crippen molar-refractivity contribution in [2.75, 3.05) is 13.1 Å². The maximum atomic E-state index is 12.9. The molecule has 2 unspecified atom stereocenters. The fourth-order valence-electron chi connectivity index (χ4n) is 3.72. The van der Waals surface area contributed by atoms with Crippen LogP contribution in [-0.2, 0) is 24.0 Å². The molecule has 0 spiro atoms. The summed E-state index contributed by atoms with van der Waals surface area (Å²) in [6.45, 7) is 7.47. The van der Waals surface area contributed by atoms with E-state index in [4.69, 9.17) is 5.73 Å². The zero-order chi connectivity index (χ0) is 25.7. The van der Waals surface area contributed by atoms with E-state index in [0.29, 0.717) is 51.5 Å². The molecule has 5 amide bonds. The van der Waals surface area contributed by atoms with Crippen molar-refractivity contribution >= 4 is 29.5 Å². The summed E-state index contributed by atoms with van der Waals surface area (Å²) in [5.41, 5.74) is 5.22. The molecule has 0 aromatic rings. The van der Waals surface area contributed by atoms with Crippen LogP contribution in [-0.4, -0.2) is 54.7 Å². The van der Waals surface area contributed by atoms with Crippen LogP contribution in [0.4, 0.5) is 0 Å². The van der Waals surface area contributed by atoms with Gasteiger partial charge in [-0.25, -0.2) is 0 Å². The molecule has 0 saturated heterocycles. The van der Waals surface area contributed by atoms with E-state index in [-0.39, 0.29) is 29.7 Å². The topological polar surface area (TPSA) is 159 Å². The summed E-state index contributed by atoms with van der Waals surface area (Å²) in [4.78, 5) is 61.1. The third-order valence-electron chi connectivity index (χ3n) is 5.48. The molecule has 0 aliphatic carbocycles. The third-order valence-corrected chi connectivity index (χ3v) is 5.48. The number of allylic oxidation sites excluding steroid dienone is 2. The van der Waals surface area contributed by atoms with Gasteiger partial charge in [0.15, 0.2) is 0 Å². The lowest BCUT2D eigenvalue weighted by Crippen LogP contribution is -2.55. The van der Waals surface area contributed by atoms with Gasteiger partial charge in [-0.3, -0.25) is 24.0 Å². The van der Waals surface area contributed by atoms with E-state index in [1.165, 1.54) is 6.92 Å². The van der Waals surface area contributed by atoms with Gasteiger partial charge in [-0.05, 0) is 50.4 Å². The molecule has 3 atom stereocenters. The van der Waals surface area contributed by atoms with E-state index in [1.54, 1.807) is 0 Å². The van der Waals surface area contributed by atoms with E-state index < -0.39 is 29.8 Å². The minimum atomic E-state index is -0.868. The lowest BCUT2D eigenvalue weighted by atomic mass is 9.87. The summed E-state index contributed by atoms with van der Waals surface area (Å²) in [5, 5.41) is 10.7. The number of hydrogen-bond donors (Lipinski definition) is 5. The zero-order valence-corrected chi connectivity index (χ0v) is 20.9. The Kier molecular flexibility index (Phi) is 12.3. The molecule has 6 N–H and O–H groups in total. The standard InChI is InChI=1S/C24H41N5O5/c1-16(30)26-13-9-11-17-10-7-5-6-8-12-18(21(25)32)29-23(34)19(14-24(2,3)4)28-20(31)15-27-22(17)33/h5,7,17-19H,6,8-15H2,1-4H3,(H2,25,32)(H,26,30)(H,27,33)(H,28,31)(H,29,34)/b7-5-/t17?,18?,19-/m0/s1. The Morgan fingerprint density at radius 3 is 2.44 bits per heavy atom. The molecule has 1 rings (SSSR count). The van der Waals surface area contributed by atoms with Crippen molar-refractivity contribution in [3.05, 3.63) is 12.2 Å². The summed E-state index contributed by atoms with van der Waals surface area (Å²) in [6.07, 6.45) is 7.54. The largest absolute Gasteiger partial charge is 0.368 e. The second-order valence-electron chi connectivity index (χ2n) is 10.0. The molecule has 1 heterocycles. The molecule has 0 fully saturated rings. The minimum Gasteiger partial charge on any atom is -0.368 e. The van der Waals surface area contributed by atoms with Crippen molar-refractivity contribution in [2.45, 2.75) is 84.7 Å². The lowest BCUT2D eigenvalue weighted by molar-refractivity contribution is -0.132. The second-order valence-corrected chi connectivity index (χ2v) is 10.0. The first-order valence-electron chi connectivity index (χ1n) is 11.9. The van der Waals surface area contributed by atoms with Crippen molar-refractivity contribution < 1.29 is 24.0 Å². The molecule has 10 heteroatoms. The minimum absolute atomic E-state index is 0.123. The van der Waals surface area contributed by atoms with Crippen LogP contribution < -0.4 is 27.0 Å². The number of carbonyl (C=O) groups is 5. The Balaban J connectivity index is 2.98. The van der Waals surface area contributed by atoms with Crippen LogP contribution in [0.2, 0.25) is 0 Å². The number of nitrogens with one attached hydrogen (secondary N) is 4. The highest BCUT2D eigenvalue weighted by atomic mass is 16.2. The van der Waals surface area contributed by atoms with Crippen molar-refractivity contribution in [3.8, 4) is 0 Å². The van der Waals surface area contributed by atoms with Crippen LogP contribution in [0.15, 0.2) is 12.2 Å². The van der Waals surface area contributed by atoms with E-state index in [9.17, 15) is 24.0 Å². The van der Waals surface area contributed by atoms with Crippen LogP contribution in [0.25, 0.3) is 0 Å². The maximum absolute atomic E-state index is 12.9. The summed E-state index contributed by atoms with van der Waals surface area (Å²) < 4.78 is 0. The van der Waals surface area contributed by atoms with E-state index >= 15 is 0 Å². The third kappa shape index (κ3) is 12.4. The van der Waals surface area contributed by atoms with Crippen LogP contribution in [0, 0.1) is 11.3 Å². The highest BCUT2D eigenvalue weighted by Gasteiger charge is 2.29. The number of nitrogens with two attached hydrogens (primary N) is 1. The van der Waals surface area contributed by atoms with Crippen molar-refractivity contribution in [1.29, 1.82) is 0 Å². The Bertz CT molecular complexity index is 759. The van der Waals surface area contributed by atoms with Gasteiger partial charge in [-0.15, -0.1) is 0 Å². The first kappa shape index (κ1) is 29.1. The second kappa shape index (κ2) is 14.4. The number of amides is 5. The van der Waals surface area contributed by atoms with Gasteiger partial charge in [-0.1, -0.05) is 32.9 Å². The number of carbonyl (C=O) groups excluding carboxylic acids is 5. The van der Waals surface area contributed by atoms with E-state index in [0.717, 1.165) is 0 Å². The molecule has 0 saturated carbocycles. The van der Waals surface area contributed by atoms with E-state index in [2.05, 4.69) is 21.3 Å². The molecular weight excluding hydrogens is 438 g/mol. The summed E-state index contributed by atoms with van der Waals surface area (Å²) in [6, 6.07) is -1.69. The van der Waals surface area contributed by atoms with Crippen molar-refractivity contribution in [2.24, 2.45) is 17.1 Å². The molecule has 0 radical (unpaired) electrons. The highest BCUT2D eigenvalue weighted by molar-refractivity contribution is 5.93. The molecular formula is C24H41N5O5. The first-order valence-corrected chi connectivity index (χ1v) is 11.9. The molecule has 1 aliphatic rings. The fourth-order valence-corrected chi connectivity index (χ4v) is 3.72. The molecule has 0 aromatic heterocycles. The Hall–Kier alpha value is -2.91. The average molecular weight is 480 g/mol. The SMILES string of the molecule is CC(=O)NCCCC1C/C=C\CCCC(C(N)=O)NC(=O)[C@H](CC(C)(C)C)NC(=O)CNC1=O. The van der Waals surface area contributed by atoms with Gasteiger partial charge < -0.3 is 27.0 Å². The van der Waals surface area contributed by atoms with E-state index in [1.807, 2.05) is 32.9 Å². The summed E-state index contributed by atoms with van der Waals surface area (Å²) in [7, 11) is 0.